The van der Waals surface area contributed by atoms with E-state index in [-0.39, 0.29) is 23.1 Å². The zero-order valence-corrected chi connectivity index (χ0v) is 15.9. The van der Waals surface area contributed by atoms with E-state index in [1.165, 1.54) is 12.1 Å². The lowest BCUT2D eigenvalue weighted by molar-refractivity contribution is 0.568. The number of sulfonamides is 1. The van der Waals surface area contributed by atoms with E-state index in [4.69, 9.17) is 11.6 Å². The highest BCUT2D eigenvalue weighted by atomic mass is 35.5. The normalized spacial score (nSPS) is 13.5. The Morgan fingerprint density at radius 2 is 1.44 bits per heavy atom. The zero-order chi connectivity index (χ0) is 18.3. The Morgan fingerprint density at radius 1 is 0.880 bits per heavy atom. The van der Waals surface area contributed by atoms with Gasteiger partial charge in [-0.15, -0.1) is 11.6 Å². The summed E-state index contributed by atoms with van der Waals surface area (Å²) in [6.45, 7) is -0.230. The first-order valence-electron chi connectivity index (χ1n) is 7.74. The lowest BCUT2D eigenvalue weighted by atomic mass is 10.1. The average Bonchev–Trinajstić information content (AvgIpc) is 2.61. The smallest absolute Gasteiger partial charge is 0.211 e. The highest BCUT2D eigenvalue weighted by Gasteiger charge is 2.30. The Balaban J connectivity index is 2.32. The number of halogens is 1. The van der Waals surface area contributed by atoms with Crippen molar-refractivity contribution in [2.45, 2.75) is 16.6 Å². The van der Waals surface area contributed by atoms with Crippen LogP contribution in [0.1, 0.15) is 17.2 Å². The molecule has 5 nitrogen and oxygen atoms in total. The molecule has 0 radical (unpaired) electrons. The number of hydrogen-bond acceptors (Lipinski definition) is 4. The second-order valence-corrected chi connectivity index (χ2v) is 9.90. The molecule has 1 atom stereocenters. The summed E-state index contributed by atoms with van der Waals surface area (Å²) in [4.78, 5) is 0.156. The van der Waals surface area contributed by atoms with Crippen LogP contribution in [-0.4, -0.2) is 35.0 Å². The quantitative estimate of drug-likeness (QED) is 0.655. The maximum Gasteiger partial charge on any atom is 0.211 e. The van der Waals surface area contributed by atoms with Gasteiger partial charge < -0.3 is 0 Å². The number of benzene rings is 2. The van der Waals surface area contributed by atoms with Crippen molar-refractivity contribution >= 4 is 31.5 Å². The first kappa shape index (κ1) is 19.9. The predicted octanol–water partition coefficient (Wildman–Crippen LogP) is 2.75. The van der Waals surface area contributed by atoms with Crippen LogP contribution in [0.5, 0.6) is 0 Å². The van der Waals surface area contributed by atoms with Crippen LogP contribution in [0.25, 0.3) is 0 Å². The Kier molecular flexibility index (Phi) is 7.01. The van der Waals surface area contributed by atoms with Gasteiger partial charge in [0.05, 0.1) is 10.6 Å². The van der Waals surface area contributed by atoms with E-state index in [1.807, 2.05) is 0 Å². The molecule has 0 aliphatic rings. The second kappa shape index (κ2) is 8.80. The molecule has 0 fully saturated rings. The van der Waals surface area contributed by atoms with Crippen LogP contribution in [-0.2, 0) is 19.9 Å². The Bertz CT molecular complexity index is 869. The number of alkyl halides is 1. The number of rotatable bonds is 9. The van der Waals surface area contributed by atoms with Gasteiger partial charge in [0.2, 0.25) is 10.0 Å². The van der Waals surface area contributed by atoms with Crippen molar-refractivity contribution in [3.8, 4) is 0 Å². The Hall–Kier alpha value is -1.41. The van der Waals surface area contributed by atoms with E-state index in [9.17, 15) is 16.8 Å². The highest BCUT2D eigenvalue weighted by molar-refractivity contribution is 7.92. The van der Waals surface area contributed by atoms with Crippen LogP contribution in [0.2, 0.25) is 0 Å². The van der Waals surface area contributed by atoms with Gasteiger partial charge in [-0.1, -0.05) is 48.5 Å². The monoisotopic (exact) mass is 401 g/mol. The van der Waals surface area contributed by atoms with Crippen molar-refractivity contribution in [2.24, 2.45) is 0 Å². The zero-order valence-electron chi connectivity index (χ0n) is 13.5. The van der Waals surface area contributed by atoms with Crippen LogP contribution in [0.3, 0.4) is 0 Å². The first-order chi connectivity index (χ1) is 11.9. The summed E-state index contributed by atoms with van der Waals surface area (Å²) in [7, 11) is -7.34. The lowest BCUT2D eigenvalue weighted by Crippen LogP contribution is -2.33. The minimum absolute atomic E-state index is 0.136. The third-order valence-electron chi connectivity index (χ3n) is 3.65. The standard InChI is InChI=1S/C17H20ClNO4S2/c18-12-7-13-24(20,21)19-14-17(15-8-3-1-4-9-15)25(22,23)16-10-5-2-6-11-16/h1-6,8-11,17,19H,7,12-14H2/t17-/m1/s1. The Morgan fingerprint density at radius 3 is 2.00 bits per heavy atom. The lowest BCUT2D eigenvalue weighted by Gasteiger charge is -2.19. The third-order valence-corrected chi connectivity index (χ3v) is 7.47. The molecule has 0 saturated heterocycles. The molecular formula is C17H20ClNO4S2. The number of sulfone groups is 1. The van der Waals surface area contributed by atoms with E-state index >= 15 is 0 Å². The summed E-state index contributed by atoms with van der Waals surface area (Å²) < 4.78 is 52.5. The van der Waals surface area contributed by atoms with Crippen molar-refractivity contribution < 1.29 is 16.8 Å². The van der Waals surface area contributed by atoms with Gasteiger partial charge in [-0.3, -0.25) is 0 Å². The molecule has 0 saturated carbocycles. The Labute approximate surface area is 154 Å². The van der Waals surface area contributed by atoms with E-state index in [2.05, 4.69) is 4.72 Å². The highest BCUT2D eigenvalue weighted by Crippen LogP contribution is 2.28. The summed E-state index contributed by atoms with van der Waals surface area (Å²) in [5.41, 5.74) is 0.534. The molecule has 2 aromatic carbocycles. The molecule has 0 unspecified atom stereocenters. The predicted molar refractivity (Wildman–Crippen MR) is 99.9 cm³/mol. The minimum atomic E-state index is -3.75. The third kappa shape index (κ3) is 5.54. The van der Waals surface area contributed by atoms with Gasteiger partial charge in [-0.2, -0.15) is 0 Å². The fourth-order valence-electron chi connectivity index (χ4n) is 2.37. The van der Waals surface area contributed by atoms with Gasteiger partial charge in [0.15, 0.2) is 9.84 Å². The van der Waals surface area contributed by atoms with Crippen molar-refractivity contribution in [1.29, 1.82) is 0 Å². The molecule has 0 bridgehead atoms. The van der Waals surface area contributed by atoms with Gasteiger partial charge in [0.25, 0.3) is 0 Å². The molecule has 2 rings (SSSR count). The molecule has 25 heavy (non-hydrogen) atoms. The summed E-state index contributed by atoms with van der Waals surface area (Å²) in [6.07, 6.45) is 0.304. The molecule has 0 aliphatic carbocycles. The molecular weight excluding hydrogens is 382 g/mol. The maximum absolute atomic E-state index is 13.0. The molecule has 0 spiro atoms. The summed E-state index contributed by atoms with van der Waals surface area (Å²) in [5.74, 6) is 0.0920. The van der Waals surface area contributed by atoms with Gasteiger partial charge >= 0.3 is 0 Å². The number of nitrogens with one attached hydrogen (secondary N) is 1. The molecule has 0 aromatic heterocycles. The van der Waals surface area contributed by atoms with E-state index < -0.39 is 25.1 Å². The van der Waals surface area contributed by atoms with Crippen LogP contribution < -0.4 is 4.72 Å². The minimum Gasteiger partial charge on any atom is -0.223 e. The van der Waals surface area contributed by atoms with Crippen molar-refractivity contribution in [3.63, 3.8) is 0 Å². The van der Waals surface area contributed by atoms with Gasteiger partial charge in [-0.05, 0) is 24.1 Å². The summed E-state index contributed by atoms with van der Waals surface area (Å²) in [5, 5.41) is -1.01. The fourth-order valence-corrected chi connectivity index (χ4v) is 5.54. The van der Waals surface area contributed by atoms with Gasteiger partial charge in [0, 0.05) is 12.4 Å². The first-order valence-corrected chi connectivity index (χ1v) is 11.5. The van der Waals surface area contributed by atoms with Crippen LogP contribution in [0.4, 0.5) is 0 Å². The summed E-state index contributed by atoms with van der Waals surface area (Å²) in [6, 6.07) is 16.6. The van der Waals surface area contributed by atoms with Crippen LogP contribution in [0.15, 0.2) is 65.6 Å². The van der Waals surface area contributed by atoms with Gasteiger partial charge in [0.1, 0.15) is 5.25 Å². The molecule has 136 valence electrons. The molecule has 0 heterocycles. The topological polar surface area (TPSA) is 80.3 Å². The van der Waals surface area contributed by atoms with Crippen molar-refractivity contribution in [1.82, 2.24) is 4.72 Å². The maximum atomic E-state index is 13.0. The van der Waals surface area contributed by atoms with Crippen LogP contribution in [0, 0.1) is 0 Å². The molecule has 2 aromatic rings. The molecule has 0 aliphatic heterocycles. The van der Waals surface area contributed by atoms with Gasteiger partial charge in [-0.25, -0.2) is 21.6 Å². The molecule has 0 amide bonds. The van der Waals surface area contributed by atoms with E-state index in [0.29, 0.717) is 12.0 Å². The fraction of sp³-hybridized carbons (Fsp3) is 0.294. The average molecular weight is 402 g/mol. The SMILES string of the molecule is O=S(=O)(CCCCl)NC[C@H](c1ccccc1)S(=O)(=O)c1ccccc1. The molecule has 8 heteroatoms. The van der Waals surface area contributed by atoms with E-state index in [1.54, 1.807) is 48.5 Å². The van der Waals surface area contributed by atoms with Crippen LogP contribution >= 0.6 is 11.6 Å². The number of hydrogen-bond donors (Lipinski definition) is 1. The van der Waals surface area contributed by atoms with E-state index in [0.717, 1.165) is 0 Å². The van der Waals surface area contributed by atoms with Crippen molar-refractivity contribution in [2.75, 3.05) is 18.2 Å². The second-order valence-electron chi connectivity index (χ2n) is 5.47. The molecule has 1 N–H and O–H groups in total. The van der Waals surface area contributed by atoms with Crippen molar-refractivity contribution in [3.05, 3.63) is 66.2 Å². The largest absolute Gasteiger partial charge is 0.223 e. The summed E-state index contributed by atoms with van der Waals surface area (Å²) >= 11 is 5.53.